The van der Waals surface area contributed by atoms with Crippen LogP contribution in [0.3, 0.4) is 0 Å². The number of likely N-dealkylation sites (tertiary alicyclic amines) is 2. The van der Waals surface area contributed by atoms with E-state index in [1.165, 1.54) is 29.9 Å². The standard InChI is InChI=1S/C18H22N4OS/c23-18(15-13-24-20-19-15)22-11-5-9-17(22)16-8-4-10-21(16)12-14-6-2-1-3-7-14/h1-3,6-7,13,16-17H,4-5,8-12H2. The highest BCUT2D eigenvalue weighted by Gasteiger charge is 2.40. The van der Waals surface area contributed by atoms with Gasteiger partial charge in [-0.3, -0.25) is 9.69 Å². The molecule has 2 aliphatic rings. The lowest BCUT2D eigenvalue weighted by molar-refractivity contribution is 0.0633. The first-order chi connectivity index (χ1) is 11.8. The number of benzene rings is 1. The summed E-state index contributed by atoms with van der Waals surface area (Å²) in [6.07, 6.45) is 4.58. The zero-order valence-corrected chi connectivity index (χ0v) is 14.5. The van der Waals surface area contributed by atoms with Gasteiger partial charge < -0.3 is 4.90 Å². The first kappa shape index (κ1) is 15.7. The molecule has 4 rings (SSSR count). The lowest BCUT2D eigenvalue weighted by Gasteiger charge is -2.34. The zero-order chi connectivity index (χ0) is 16.4. The number of amides is 1. The summed E-state index contributed by atoms with van der Waals surface area (Å²) >= 11 is 1.24. The molecule has 6 heteroatoms. The van der Waals surface area contributed by atoms with Crippen LogP contribution in [-0.4, -0.2) is 50.5 Å². The maximum absolute atomic E-state index is 12.8. The van der Waals surface area contributed by atoms with Crippen molar-refractivity contribution < 1.29 is 4.79 Å². The molecule has 0 radical (unpaired) electrons. The fraction of sp³-hybridized carbons (Fsp3) is 0.500. The molecule has 2 saturated heterocycles. The number of carbonyl (C=O) groups excluding carboxylic acids is 1. The third kappa shape index (κ3) is 3.08. The largest absolute Gasteiger partial charge is 0.333 e. The molecule has 0 saturated carbocycles. The smallest absolute Gasteiger partial charge is 0.275 e. The van der Waals surface area contributed by atoms with Crippen LogP contribution in [0.1, 0.15) is 41.7 Å². The van der Waals surface area contributed by atoms with Crippen molar-refractivity contribution in [1.82, 2.24) is 19.4 Å². The Kier molecular flexibility index (Phi) is 4.58. The number of hydrogen-bond donors (Lipinski definition) is 0. The molecule has 0 spiro atoms. The fourth-order valence-electron chi connectivity index (χ4n) is 4.15. The fourth-order valence-corrected chi connectivity index (χ4v) is 4.58. The molecule has 5 nitrogen and oxygen atoms in total. The van der Waals surface area contributed by atoms with Gasteiger partial charge in [0.25, 0.3) is 5.91 Å². The van der Waals surface area contributed by atoms with Crippen molar-refractivity contribution in [2.24, 2.45) is 0 Å². The molecule has 2 aromatic rings. The molecule has 24 heavy (non-hydrogen) atoms. The van der Waals surface area contributed by atoms with Gasteiger partial charge in [0.05, 0.1) is 0 Å². The van der Waals surface area contributed by atoms with Gasteiger partial charge in [0.2, 0.25) is 0 Å². The second-order valence-electron chi connectivity index (χ2n) is 6.66. The molecule has 2 atom stereocenters. The Bertz CT molecular complexity index is 676. The van der Waals surface area contributed by atoms with Crippen molar-refractivity contribution in [2.75, 3.05) is 13.1 Å². The first-order valence-corrected chi connectivity index (χ1v) is 9.52. The first-order valence-electron chi connectivity index (χ1n) is 8.69. The minimum atomic E-state index is 0.0535. The number of hydrogen-bond acceptors (Lipinski definition) is 5. The maximum atomic E-state index is 12.8. The quantitative estimate of drug-likeness (QED) is 0.857. The summed E-state index contributed by atoms with van der Waals surface area (Å²) in [5.74, 6) is 0.0535. The second-order valence-corrected chi connectivity index (χ2v) is 7.27. The highest BCUT2D eigenvalue weighted by molar-refractivity contribution is 7.03. The molecular formula is C18H22N4OS. The average molecular weight is 342 g/mol. The Morgan fingerprint density at radius 1 is 1.12 bits per heavy atom. The number of aromatic nitrogens is 2. The van der Waals surface area contributed by atoms with E-state index in [0.717, 1.165) is 32.5 Å². The van der Waals surface area contributed by atoms with Gasteiger partial charge in [-0.15, -0.1) is 5.10 Å². The molecular weight excluding hydrogens is 320 g/mol. The number of carbonyl (C=O) groups is 1. The number of nitrogens with zero attached hydrogens (tertiary/aromatic N) is 4. The van der Waals surface area contributed by atoms with Crippen LogP contribution in [0.2, 0.25) is 0 Å². The molecule has 1 aromatic carbocycles. The summed E-state index contributed by atoms with van der Waals surface area (Å²) in [6.45, 7) is 2.94. The Labute approximate surface area is 146 Å². The molecule has 0 bridgehead atoms. The molecule has 1 amide bonds. The van der Waals surface area contributed by atoms with Crippen molar-refractivity contribution in [1.29, 1.82) is 0 Å². The van der Waals surface area contributed by atoms with Crippen LogP contribution in [-0.2, 0) is 6.54 Å². The van der Waals surface area contributed by atoms with Gasteiger partial charge in [-0.25, -0.2) is 0 Å². The monoisotopic (exact) mass is 342 g/mol. The van der Waals surface area contributed by atoms with Gasteiger partial charge in [0, 0.05) is 30.6 Å². The van der Waals surface area contributed by atoms with Crippen LogP contribution >= 0.6 is 11.5 Å². The summed E-state index contributed by atoms with van der Waals surface area (Å²) in [7, 11) is 0. The van der Waals surface area contributed by atoms with E-state index >= 15 is 0 Å². The van der Waals surface area contributed by atoms with Crippen LogP contribution in [0.15, 0.2) is 35.7 Å². The van der Waals surface area contributed by atoms with Crippen LogP contribution in [0.5, 0.6) is 0 Å². The average Bonchev–Trinajstić information content (AvgIpc) is 3.36. The minimum Gasteiger partial charge on any atom is -0.333 e. The maximum Gasteiger partial charge on any atom is 0.275 e. The van der Waals surface area contributed by atoms with Crippen LogP contribution in [0.25, 0.3) is 0 Å². The zero-order valence-electron chi connectivity index (χ0n) is 13.7. The lowest BCUT2D eigenvalue weighted by Crippen LogP contribution is -2.48. The van der Waals surface area contributed by atoms with Crippen LogP contribution in [0, 0.1) is 0 Å². The molecule has 3 heterocycles. The minimum absolute atomic E-state index is 0.0535. The van der Waals surface area contributed by atoms with E-state index in [1.807, 2.05) is 4.90 Å². The summed E-state index contributed by atoms with van der Waals surface area (Å²) in [4.78, 5) is 17.4. The molecule has 2 unspecified atom stereocenters. The number of rotatable bonds is 4. The van der Waals surface area contributed by atoms with Gasteiger partial charge in [-0.05, 0) is 49.3 Å². The molecule has 1 aromatic heterocycles. The topological polar surface area (TPSA) is 49.3 Å². The molecule has 0 aliphatic carbocycles. The van der Waals surface area contributed by atoms with E-state index in [9.17, 15) is 4.79 Å². The molecule has 2 fully saturated rings. The van der Waals surface area contributed by atoms with E-state index in [-0.39, 0.29) is 5.91 Å². The van der Waals surface area contributed by atoms with Gasteiger partial charge in [-0.1, -0.05) is 34.8 Å². The molecule has 2 aliphatic heterocycles. The molecule has 126 valence electrons. The van der Waals surface area contributed by atoms with Gasteiger partial charge >= 0.3 is 0 Å². The normalized spacial score (nSPS) is 24.6. The Morgan fingerprint density at radius 3 is 2.71 bits per heavy atom. The van der Waals surface area contributed by atoms with Crippen LogP contribution in [0.4, 0.5) is 0 Å². The Morgan fingerprint density at radius 2 is 1.92 bits per heavy atom. The third-order valence-electron chi connectivity index (χ3n) is 5.23. The summed E-state index contributed by atoms with van der Waals surface area (Å²) in [6, 6.07) is 11.4. The highest BCUT2D eigenvalue weighted by Crippen LogP contribution is 2.31. The van der Waals surface area contributed by atoms with Crippen molar-refractivity contribution in [3.05, 3.63) is 47.0 Å². The predicted molar refractivity (Wildman–Crippen MR) is 93.8 cm³/mol. The van der Waals surface area contributed by atoms with E-state index in [1.54, 1.807) is 5.38 Å². The van der Waals surface area contributed by atoms with Crippen molar-refractivity contribution >= 4 is 17.4 Å². The van der Waals surface area contributed by atoms with Crippen molar-refractivity contribution in [3.8, 4) is 0 Å². The SMILES string of the molecule is O=C(c1csnn1)N1CCCC1C1CCCN1Cc1ccccc1. The van der Waals surface area contributed by atoms with Crippen molar-refractivity contribution in [3.63, 3.8) is 0 Å². The van der Waals surface area contributed by atoms with E-state index in [4.69, 9.17) is 0 Å². The third-order valence-corrected chi connectivity index (χ3v) is 5.73. The summed E-state index contributed by atoms with van der Waals surface area (Å²) in [5.41, 5.74) is 1.85. The van der Waals surface area contributed by atoms with Gasteiger partial charge in [-0.2, -0.15) is 0 Å². The Balaban J connectivity index is 1.49. The predicted octanol–water partition coefficient (Wildman–Crippen LogP) is 2.81. The van der Waals surface area contributed by atoms with E-state index < -0.39 is 0 Å². The second kappa shape index (κ2) is 6.99. The Hall–Kier alpha value is -1.79. The summed E-state index contributed by atoms with van der Waals surface area (Å²) in [5, 5.41) is 5.73. The van der Waals surface area contributed by atoms with Gasteiger partial charge in [0.1, 0.15) is 0 Å². The molecule has 0 N–H and O–H groups in total. The highest BCUT2D eigenvalue weighted by atomic mass is 32.1. The van der Waals surface area contributed by atoms with E-state index in [2.05, 4.69) is 44.8 Å². The lowest BCUT2D eigenvalue weighted by atomic mass is 10.0. The van der Waals surface area contributed by atoms with Crippen LogP contribution < -0.4 is 0 Å². The van der Waals surface area contributed by atoms with Crippen molar-refractivity contribution in [2.45, 2.75) is 44.3 Å². The summed E-state index contributed by atoms with van der Waals surface area (Å²) < 4.78 is 3.84. The van der Waals surface area contributed by atoms with Gasteiger partial charge in [0.15, 0.2) is 5.69 Å². The van der Waals surface area contributed by atoms with E-state index in [0.29, 0.717) is 17.8 Å².